The zero-order valence-electron chi connectivity index (χ0n) is 6.83. The summed E-state index contributed by atoms with van der Waals surface area (Å²) < 4.78 is 2.16. The molecule has 0 saturated heterocycles. The van der Waals surface area contributed by atoms with E-state index in [0.717, 1.165) is 0 Å². The fraction of sp³-hybridized carbons (Fsp3) is 0.200. The maximum Gasteiger partial charge on any atom is 0.0479 e. The molecule has 1 nitrogen and oxygen atoms in total. The van der Waals surface area contributed by atoms with Crippen molar-refractivity contribution in [3.8, 4) is 0 Å². The highest BCUT2D eigenvalue weighted by atomic mass is 14.8. The van der Waals surface area contributed by atoms with Gasteiger partial charge in [0, 0.05) is 17.9 Å². The lowest BCUT2D eigenvalue weighted by atomic mass is 10.2. The normalized spacial score (nSPS) is 10.7. The Labute approximate surface area is 66.3 Å². The van der Waals surface area contributed by atoms with E-state index in [9.17, 15) is 0 Å². The summed E-state index contributed by atoms with van der Waals surface area (Å²) in [5.41, 5.74) is 3.96. The minimum atomic E-state index is 1.30. The number of hydrogen-bond donors (Lipinski definition) is 0. The fourth-order valence-electron chi connectivity index (χ4n) is 1.51. The Bertz CT molecular complexity index is 385. The highest BCUT2D eigenvalue weighted by Gasteiger charge is 1.95. The Kier molecular flexibility index (Phi) is 1.25. The Hall–Kier alpha value is -1.24. The molecule has 0 aliphatic heterocycles. The van der Waals surface area contributed by atoms with Gasteiger partial charge >= 0.3 is 0 Å². The molecule has 0 fully saturated rings. The predicted molar refractivity (Wildman–Crippen MR) is 46.9 cm³/mol. The van der Waals surface area contributed by atoms with E-state index in [1.807, 2.05) is 0 Å². The van der Waals surface area contributed by atoms with Crippen molar-refractivity contribution in [3.05, 3.63) is 41.7 Å². The standard InChI is InChI=1S/C10H11N/c1-8-6-9(2)10-4-3-5-11(10)7-8/h3-7H,1-2H3. The van der Waals surface area contributed by atoms with Crippen LogP contribution in [0.25, 0.3) is 5.52 Å². The third kappa shape index (κ3) is 0.929. The lowest BCUT2D eigenvalue weighted by Crippen LogP contribution is -1.86. The van der Waals surface area contributed by atoms with Crippen molar-refractivity contribution in [2.24, 2.45) is 0 Å². The van der Waals surface area contributed by atoms with Gasteiger partial charge in [0.25, 0.3) is 0 Å². The second kappa shape index (κ2) is 2.12. The van der Waals surface area contributed by atoms with E-state index >= 15 is 0 Å². The molecule has 0 bridgehead atoms. The summed E-state index contributed by atoms with van der Waals surface area (Å²) in [6.45, 7) is 4.26. The van der Waals surface area contributed by atoms with Crippen LogP contribution in [0, 0.1) is 13.8 Å². The third-order valence-corrected chi connectivity index (χ3v) is 1.97. The smallest absolute Gasteiger partial charge is 0.0479 e. The van der Waals surface area contributed by atoms with Gasteiger partial charge in [-0.25, -0.2) is 0 Å². The fourth-order valence-corrected chi connectivity index (χ4v) is 1.51. The number of nitrogens with zero attached hydrogens (tertiary/aromatic N) is 1. The zero-order valence-corrected chi connectivity index (χ0v) is 6.83. The molecule has 2 heterocycles. The van der Waals surface area contributed by atoms with E-state index in [4.69, 9.17) is 0 Å². The number of fused-ring (bicyclic) bond motifs is 1. The molecule has 0 unspecified atom stereocenters. The topological polar surface area (TPSA) is 4.41 Å². The highest BCUT2D eigenvalue weighted by Crippen LogP contribution is 2.12. The van der Waals surface area contributed by atoms with Crippen molar-refractivity contribution < 1.29 is 0 Å². The van der Waals surface area contributed by atoms with E-state index in [-0.39, 0.29) is 0 Å². The van der Waals surface area contributed by atoms with Crippen LogP contribution in [0.4, 0.5) is 0 Å². The third-order valence-electron chi connectivity index (χ3n) is 1.97. The first-order valence-electron chi connectivity index (χ1n) is 3.81. The van der Waals surface area contributed by atoms with Gasteiger partial charge in [0.15, 0.2) is 0 Å². The van der Waals surface area contributed by atoms with Gasteiger partial charge in [-0.05, 0) is 37.1 Å². The molecule has 0 aliphatic carbocycles. The van der Waals surface area contributed by atoms with E-state index in [1.165, 1.54) is 16.6 Å². The van der Waals surface area contributed by atoms with Crippen LogP contribution in [0.2, 0.25) is 0 Å². The zero-order chi connectivity index (χ0) is 7.84. The second-order valence-electron chi connectivity index (χ2n) is 3.00. The van der Waals surface area contributed by atoms with Gasteiger partial charge < -0.3 is 4.40 Å². The number of pyridine rings is 1. The molecule has 0 radical (unpaired) electrons. The summed E-state index contributed by atoms with van der Waals surface area (Å²) in [7, 11) is 0. The maximum atomic E-state index is 2.20. The molecule has 0 atom stereocenters. The molecule has 0 spiro atoms. The van der Waals surface area contributed by atoms with Crippen molar-refractivity contribution in [1.82, 2.24) is 4.40 Å². The number of rotatable bonds is 0. The van der Waals surface area contributed by atoms with Crippen LogP contribution in [-0.2, 0) is 0 Å². The molecule has 2 rings (SSSR count). The van der Waals surface area contributed by atoms with Crippen molar-refractivity contribution >= 4 is 5.52 Å². The molecular weight excluding hydrogens is 134 g/mol. The molecular formula is C10H11N. The Balaban J connectivity index is 2.91. The average molecular weight is 145 g/mol. The first kappa shape index (κ1) is 6.47. The van der Waals surface area contributed by atoms with Gasteiger partial charge in [0.2, 0.25) is 0 Å². The molecule has 0 aromatic carbocycles. The monoisotopic (exact) mass is 145 g/mol. The first-order chi connectivity index (χ1) is 5.27. The predicted octanol–water partition coefficient (Wildman–Crippen LogP) is 2.56. The van der Waals surface area contributed by atoms with E-state index in [2.05, 4.69) is 48.8 Å². The van der Waals surface area contributed by atoms with Crippen molar-refractivity contribution in [3.63, 3.8) is 0 Å². The number of aromatic nitrogens is 1. The molecule has 56 valence electrons. The van der Waals surface area contributed by atoms with Crippen LogP contribution in [0.1, 0.15) is 11.1 Å². The number of hydrogen-bond acceptors (Lipinski definition) is 0. The van der Waals surface area contributed by atoms with Crippen molar-refractivity contribution in [2.75, 3.05) is 0 Å². The average Bonchev–Trinajstić information content (AvgIpc) is 2.34. The molecule has 0 amide bonds. The van der Waals surface area contributed by atoms with E-state index < -0.39 is 0 Å². The minimum Gasteiger partial charge on any atom is -0.323 e. The lowest BCUT2D eigenvalue weighted by Gasteiger charge is -2.00. The quantitative estimate of drug-likeness (QED) is 0.536. The number of aryl methyl sites for hydroxylation is 2. The van der Waals surface area contributed by atoms with Crippen LogP contribution in [0.5, 0.6) is 0 Å². The molecule has 0 saturated carbocycles. The van der Waals surface area contributed by atoms with Crippen LogP contribution >= 0.6 is 0 Å². The van der Waals surface area contributed by atoms with Gasteiger partial charge in [0.05, 0.1) is 0 Å². The molecule has 0 aliphatic rings. The molecule has 0 N–H and O–H groups in total. The summed E-state index contributed by atoms with van der Waals surface area (Å²) >= 11 is 0. The van der Waals surface area contributed by atoms with Gasteiger partial charge in [-0.2, -0.15) is 0 Å². The van der Waals surface area contributed by atoms with Gasteiger partial charge in [-0.1, -0.05) is 6.07 Å². The Morgan fingerprint density at radius 1 is 1.27 bits per heavy atom. The van der Waals surface area contributed by atoms with Crippen LogP contribution in [-0.4, -0.2) is 4.40 Å². The summed E-state index contributed by atoms with van der Waals surface area (Å²) in [5.74, 6) is 0. The molecule has 11 heavy (non-hydrogen) atoms. The SMILES string of the molecule is Cc1cc(C)c2cccn2c1. The van der Waals surface area contributed by atoms with Crippen molar-refractivity contribution in [1.29, 1.82) is 0 Å². The van der Waals surface area contributed by atoms with Crippen LogP contribution in [0.3, 0.4) is 0 Å². The van der Waals surface area contributed by atoms with Gasteiger partial charge in [-0.15, -0.1) is 0 Å². The molecule has 2 aromatic heterocycles. The van der Waals surface area contributed by atoms with Gasteiger partial charge in [0.1, 0.15) is 0 Å². The van der Waals surface area contributed by atoms with E-state index in [0.29, 0.717) is 0 Å². The van der Waals surface area contributed by atoms with Crippen LogP contribution < -0.4 is 0 Å². The van der Waals surface area contributed by atoms with Gasteiger partial charge in [-0.3, -0.25) is 0 Å². The second-order valence-corrected chi connectivity index (χ2v) is 3.00. The Morgan fingerprint density at radius 2 is 2.09 bits per heavy atom. The molecule has 2 aromatic rings. The Morgan fingerprint density at radius 3 is 2.91 bits per heavy atom. The summed E-state index contributed by atoms with van der Waals surface area (Å²) in [5, 5.41) is 0. The lowest BCUT2D eigenvalue weighted by molar-refractivity contribution is 1.15. The first-order valence-corrected chi connectivity index (χ1v) is 3.81. The summed E-state index contributed by atoms with van der Waals surface area (Å²) in [6, 6.07) is 6.41. The summed E-state index contributed by atoms with van der Waals surface area (Å²) in [4.78, 5) is 0. The largest absolute Gasteiger partial charge is 0.323 e. The molecule has 1 heteroatoms. The maximum absolute atomic E-state index is 2.20. The highest BCUT2D eigenvalue weighted by molar-refractivity contribution is 5.55. The van der Waals surface area contributed by atoms with Crippen LogP contribution in [0.15, 0.2) is 30.6 Å². The minimum absolute atomic E-state index is 1.30. The summed E-state index contributed by atoms with van der Waals surface area (Å²) in [6.07, 6.45) is 4.22. The van der Waals surface area contributed by atoms with Crippen molar-refractivity contribution in [2.45, 2.75) is 13.8 Å². The van der Waals surface area contributed by atoms with E-state index in [1.54, 1.807) is 0 Å².